The van der Waals surface area contributed by atoms with Gasteiger partial charge >= 0.3 is 5.97 Å². The molecule has 7 heteroatoms. The van der Waals surface area contributed by atoms with Crippen molar-refractivity contribution in [3.8, 4) is 0 Å². The van der Waals surface area contributed by atoms with Gasteiger partial charge in [0.25, 0.3) is 5.91 Å². The molecule has 3 amide bonds. The molecule has 4 aliphatic rings. The van der Waals surface area contributed by atoms with Crippen LogP contribution in [0, 0.1) is 18.8 Å². The van der Waals surface area contributed by atoms with Gasteiger partial charge in [0.05, 0.1) is 23.1 Å². The van der Waals surface area contributed by atoms with Crippen LogP contribution in [0.4, 0.5) is 11.4 Å². The number of hydrogen-bond acceptors (Lipinski definition) is 5. The fourth-order valence-corrected chi connectivity index (χ4v) is 6.75. The highest BCUT2D eigenvalue weighted by Gasteiger charge is 2.61. The number of esters is 1. The standard InChI is InChI=1S/C34H26N2O5/c1-19-13-15-21(16-14-19)35-27(37)18-41-34(40)20-7-6-8-22(17-20)36-32(38)30-28-23-9-2-3-10-24(23)29(31(30)33(36)39)26-12-5-4-11-25(26)28/h2-17,28-31H,18H2,1H3,(H,35,37)/t28?,29?,30-,31+. The monoisotopic (exact) mass is 542 g/mol. The molecule has 0 saturated carbocycles. The van der Waals surface area contributed by atoms with E-state index in [0.717, 1.165) is 27.8 Å². The van der Waals surface area contributed by atoms with Gasteiger partial charge in [-0.25, -0.2) is 9.69 Å². The number of hydrogen-bond donors (Lipinski definition) is 1. The molecule has 0 radical (unpaired) electrons. The summed E-state index contributed by atoms with van der Waals surface area (Å²) in [7, 11) is 0. The maximum Gasteiger partial charge on any atom is 0.338 e. The van der Waals surface area contributed by atoms with E-state index in [1.807, 2.05) is 43.3 Å². The van der Waals surface area contributed by atoms with E-state index in [9.17, 15) is 19.2 Å². The Bertz CT molecular complexity index is 1630. The zero-order chi connectivity index (χ0) is 28.2. The van der Waals surface area contributed by atoms with E-state index in [1.54, 1.807) is 24.3 Å². The summed E-state index contributed by atoms with van der Waals surface area (Å²) in [5.74, 6) is -3.16. The van der Waals surface area contributed by atoms with Crippen molar-refractivity contribution in [2.45, 2.75) is 18.8 Å². The second-order valence-electron chi connectivity index (χ2n) is 10.8. The van der Waals surface area contributed by atoms with Crippen LogP contribution in [0.2, 0.25) is 0 Å². The van der Waals surface area contributed by atoms with Crippen LogP contribution in [0.3, 0.4) is 0 Å². The van der Waals surface area contributed by atoms with Crippen LogP contribution >= 0.6 is 0 Å². The zero-order valence-electron chi connectivity index (χ0n) is 22.2. The Balaban J connectivity index is 1.13. The molecule has 1 N–H and O–H groups in total. The summed E-state index contributed by atoms with van der Waals surface area (Å²) in [5.41, 5.74) is 6.53. The van der Waals surface area contributed by atoms with Crippen molar-refractivity contribution in [1.82, 2.24) is 0 Å². The highest BCUT2D eigenvalue weighted by molar-refractivity contribution is 6.23. The molecular formula is C34H26N2O5. The fraction of sp³-hybridized carbons (Fsp3) is 0.176. The van der Waals surface area contributed by atoms with E-state index in [4.69, 9.17) is 4.74 Å². The molecule has 1 fully saturated rings. The Kier molecular flexibility index (Phi) is 5.82. The molecule has 1 saturated heterocycles. The third kappa shape index (κ3) is 3.96. The number of carbonyl (C=O) groups excluding carboxylic acids is 4. The van der Waals surface area contributed by atoms with Gasteiger partial charge in [-0.15, -0.1) is 0 Å². The number of nitrogens with one attached hydrogen (secondary N) is 1. The van der Waals surface area contributed by atoms with Crippen LogP contribution in [0.5, 0.6) is 0 Å². The van der Waals surface area contributed by atoms with Crippen LogP contribution in [-0.4, -0.2) is 30.3 Å². The normalized spacial score (nSPS) is 21.6. The molecule has 4 aromatic rings. The number of nitrogens with zero attached hydrogens (tertiary/aromatic N) is 1. The summed E-state index contributed by atoms with van der Waals surface area (Å²) in [5, 5.41) is 2.69. The minimum absolute atomic E-state index is 0.149. The summed E-state index contributed by atoms with van der Waals surface area (Å²) < 4.78 is 5.24. The van der Waals surface area contributed by atoms with Crippen molar-refractivity contribution in [3.05, 3.63) is 130 Å². The number of anilines is 2. The predicted molar refractivity (Wildman–Crippen MR) is 153 cm³/mol. The van der Waals surface area contributed by atoms with Crippen LogP contribution < -0.4 is 10.2 Å². The van der Waals surface area contributed by atoms with Crippen LogP contribution in [0.15, 0.2) is 97.1 Å². The van der Waals surface area contributed by atoms with E-state index in [-0.39, 0.29) is 29.2 Å². The Morgan fingerprint density at radius 3 is 1.80 bits per heavy atom. The highest BCUT2D eigenvalue weighted by atomic mass is 16.5. The highest BCUT2D eigenvalue weighted by Crippen LogP contribution is 2.61. The lowest BCUT2D eigenvalue weighted by Gasteiger charge is -2.45. The zero-order valence-corrected chi connectivity index (χ0v) is 22.2. The van der Waals surface area contributed by atoms with Gasteiger partial charge in [-0.1, -0.05) is 72.3 Å². The number of imide groups is 1. The minimum atomic E-state index is -0.720. The third-order valence-corrected chi connectivity index (χ3v) is 8.46. The molecule has 1 heterocycles. The summed E-state index contributed by atoms with van der Waals surface area (Å²) >= 11 is 0. The summed E-state index contributed by atoms with van der Waals surface area (Å²) in [6.45, 7) is 1.48. The molecule has 4 aromatic carbocycles. The van der Waals surface area contributed by atoms with Gasteiger partial charge in [0, 0.05) is 17.5 Å². The number of ether oxygens (including phenoxy) is 1. The van der Waals surface area contributed by atoms with E-state index in [0.29, 0.717) is 11.4 Å². The molecule has 202 valence electrons. The van der Waals surface area contributed by atoms with E-state index >= 15 is 0 Å². The van der Waals surface area contributed by atoms with Gasteiger partial charge in [0.1, 0.15) is 0 Å². The first-order valence-corrected chi connectivity index (χ1v) is 13.6. The largest absolute Gasteiger partial charge is 0.452 e. The maximum absolute atomic E-state index is 14.0. The van der Waals surface area contributed by atoms with Crippen molar-refractivity contribution >= 4 is 35.1 Å². The lowest BCUT2D eigenvalue weighted by atomic mass is 9.55. The number of carbonyl (C=O) groups is 4. The quantitative estimate of drug-likeness (QED) is 0.277. The van der Waals surface area contributed by atoms with Crippen molar-refractivity contribution in [1.29, 1.82) is 0 Å². The fourth-order valence-electron chi connectivity index (χ4n) is 6.75. The summed E-state index contributed by atoms with van der Waals surface area (Å²) in [4.78, 5) is 54.4. The molecule has 8 rings (SSSR count). The van der Waals surface area contributed by atoms with Crippen molar-refractivity contribution < 1.29 is 23.9 Å². The van der Waals surface area contributed by atoms with Gasteiger partial charge in [-0.05, 0) is 59.5 Å². The lowest BCUT2D eigenvalue weighted by Crippen LogP contribution is -2.41. The van der Waals surface area contributed by atoms with Crippen LogP contribution in [-0.2, 0) is 19.1 Å². The average molecular weight is 543 g/mol. The molecule has 41 heavy (non-hydrogen) atoms. The van der Waals surface area contributed by atoms with Gasteiger partial charge in [-0.3, -0.25) is 14.4 Å². The molecule has 0 aromatic heterocycles. The summed E-state index contributed by atoms with van der Waals surface area (Å²) in [6.07, 6.45) is 0. The molecule has 2 bridgehead atoms. The lowest BCUT2D eigenvalue weighted by molar-refractivity contribution is -0.122. The molecule has 0 unspecified atom stereocenters. The number of benzene rings is 4. The van der Waals surface area contributed by atoms with Crippen LogP contribution in [0.1, 0.15) is 50.0 Å². The van der Waals surface area contributed by atoms with E-state index < -0.39 is 30.3 Å². The predicted octanol–water partition coefficient (Wildman–Crippen LogP) is 5.19. The smallest absolute Gasteiger partial charge is 0.338 e. The third-order valence-electron chi connectivity index (χ3n) is 8.46. The first-order valence-electron chi connectivity index (χ1n) is 13.6. The molecule has 3 aliphatic carbocycles. The Morgan fingerprint density at radius 2 is 1.27 bits per heavy atom. The molecule has 0 spiro atoms. The number of aryl methyl sites for hydroxylation is 1. The van der Waals surface area contributed by atoms with Gasteiger partial charge in [-0.2, -0.15) is 0 Å². The average Bonchev–Trinajstić information content (AvgIpc) is 3.27. The molecule has 1 aliphatic heterocycles. The van der Waals surface area contributed by atoms with Gasteiger partial charge in [0.2, 0.25) is 11.8 Å². The van der Waals surface area contributed by atoms with Crippen LogP contribution in [0.25, 0.3) is 0 Å². The van der Waals surface area contributed by atoms with E-state index in [2.05, 4.69) is 29.6 Å². The van der Waals surface area contributed by atoms with Crippen molar-refractivity contribution in [2.75, 3.05) is 16.8 Å². The molecular weight excluding hydrogens is 516 g/mol. The number of rotatable bonds is 5. The molecule has 2 atom stereocenters. The Hall–Kier alpha value is -5.04. The first-order chi connectivity index (χ1) is 19.9. The number of amides is 3. The van der Waals surface area contributed by atoms with Crippen molar-refractivity contribution in [2.24, 2.45) is 11.8 Å². The van der Waals surface area contributed by atoms with E-state index in [1.165, 1.54) is 17.0 Å². The second-order valence-corrected chi connectivity index (χ2v) is 10.8. The maximum atomic E-state index is 14.0. The SMILES string of the molecule is Cc1ccc(NC(=O)COC(=O)c2cccc(N3C(=O)[C@@H]4C5c6ccccc6C(c6ccccc65)[C@@H]4C3=O)c2)cc1. The van der Waals surface area contributed by atoms with Gasteiger partial charge < -0.3 is 10.1 Å². The Morgan fingerprint density at radius 1 is 0.732 bits per heavy atom. The second kappa shape index (κ2) is 9.55. The Labute approximate surface area is 236 Å². The molecule has 7 nitrogen and oxygen atoms in total. The minimum Gasteiger partial charge on any atom is -0.452 e. The van der Waals surface area contributed by atoms with Crippen molar-refractivity contribution in [3.63, 3.8) is 0 Å². The first kappa shape index (κ1) is 25.0. The summed E-state index contributed by atoms with van der Waals surface area (Å²) in [6, 6.07) is 29.7. The van der Waals surface area contributed by atoms with Gasteiger partial charge in [0.15, 0.2) is 6.61 Å². The topological polar surface area (TPSA) is 92.8 Å².